The van der Waals surface area contributed by atoms with Crippen molar-refractivity contribution in [3.8, 4) is 11.5 Å². The summed E-state index contributed by atoms with van der Waals surface area (Å²) in [6, 6.07) is 6.99. The summed E-state index contributed by atoms with van der Waals surface area (Å²) in [4.78, 5) is 28.3. The van der Waals surface area contributed by atoms with Gasteiger partial charge in [-0.05, 0) is 49.2 Å². The highest BCUT2D eigenvalue weighted by Crippen LogP contribution is 2.37. The SMILES string of the molecule is CCCN1CCc2c(sc(NC(=O)COc3ccc(OC)cc3)c2C(=O)OC)C1. The fourth-order valence-electron chi connectivity index (χ4n) is 3.35. The molecule has 0 saturated carbocycles. The van der Waals surface area contributed by atoms with Crippen LogP contribution in [0.2, 0.25) is 0 Å². The van der Waals surface area contributed by atoms with Crippen LogP contribution in [0.15, 0.2) is 24.3 Å². The van der Waals surface area contributed by atoms with Crippen molar-refractivity contribution in [2.75, 3.05) is 39.2 Å². The summed E-state index contributed by atoms with van der Waals surface area (Å²) in [5, 5.41) is 3.36. The van der Waals surface area contributed by atoms with Gasteiger partial charge in [0, 0.05) is 18.0 Å². The van der Waals surface area contributed by atoms with Crippen molar-refractivity contribution in [1.29, 1.82) is 0 Å². The number of nitrogens with zero attached hydrogens (tertiary/aromatic N) is 1. The number of fused-ring (bicyclic) bond motifs is 1. The van der Waals surface area contributed by atoms with Crippen molar-refractivity contribution < 1.29 is 23.8 Å². The van der Waals surface area contributed by atoms with Crippen LogP contribution in [0.1, 0.15) is 34.1 Å². The molecule has 1 aliphatic rings. The van der Waals surface area contributed by atoms with E-state index < -0.39 is 5.97 Å². The first-order valence-corrected chi connectivity index (χ1v) is 10.4. The van der Waals surface area contributed by atoms with Gasteiger partial charge in [0.25, 0.3) is 5.91 Å². The van der Waals surface area contributed by atoms with Crippen LogP contribution in [-0.4, -0.2) is 50.7 Å². The summed E-state index contributed by atoms with van der Waals surface area (Å²) in [7, 11) is 2.95. The number of thiophene rings is 1. The molecule has 29 heavy (non-hydrogen) atoms. The Labute approximate surface area is 174 Å². The van der Waals surface area contributed by atoms with Gasteiger partial charge in [-0.25, -0.2) is 4.79 Å². The molecular weight excluding hydrogens is 392 g/mol. The number of hydrogen-bond acceptors (Lipinski definition) is 7. The van der Waals surface area contributed by atoms with E-state index in [-0.39, 0.29) is 12.5 Å². The predicted octanol–water partition coefficient (Wildman–Crippen LogP) is 3.33. The molecule has 1 N–H and O–H groups in total. The van der Waals surface area contributed by atoms with Crippen LogP contribution >= 0.6 is 11.3 Å². The number of methoxy groups -OCH3 is 2. The van der Waals surface area contributed by atoms with Crippen LogP contribution in [0, 0.1) is 0 Å². The molecule has 1 aliphatic heterocycles. The number of carbonyl (C=O) groups is 2. The molecule has 0 aliphatic carbocycles. The Morgan fingerprint density at radius 2 is 1.90 bits per heavy atom. The van der Waals surface area contributed by atoms with Crippen LogP contribution in [0.3, 0.4) is 0 Å². The maximum Gasteiger partial charge on any atom is 0.341 e. The molecule has 156 valence electrons. The van der Waals surface area contributed by atoms with Crippen LogP contribution in [-0.2, 0) is 22.5 Å². The molecule has 2 heterocycles. The largest absolute Gasteiger partial charge is 0.497 e. The summed E-state index contributed by atoms with van der Waals surface area (Å²) < 4.78 is 15.6. The van der Waals surface area contributed by atoms with Crippen LogP contribution in [0.25, 0.3) is 0 Å². The van der Waals surface area contributed by atoms with E-state index in [9.17, 15) is 9.59 Å². The Morgan fingerprint density at radius 1 is 1.17 bits per heavy atom. The molecule has 0 spiro atoms. The van der Waals surface area contributed by atoms with Crippen molar-refractivity contribution in [3.05, 3.63) is 40.3 Å². The van der Waals surface area contributed by atoms with Crippen molar-refractivity contribution in [2.45, 2.75) is 26.3 Å². The number of benzene rings is 1. The number of esters is 1. The Morgan fingerprint density at radius 3 is 2.55 bits per heavy atom. The number of hydrogen-bond donors (Lipinski definition) is 1. The summed E-state index contributed by atoms with van der Waals surface area (Å²) in [5.74, 6) is 0.536. The van der Waals surface area contributed by atoms with Gasteiger partial charge in [-0.15, -0.1) is 11.3 Å². The van der Waals surface area contributed by atoms with Gasteiger partial charge in [0.15, 0.2) is 6.61 Å². The minimum atomic E-state index is -0.419. The van der Waals surface area contributed by atoms with E-state index >= 15 is 0 Å². The van der Waals surface area contributed by atoms with E-state index in [1.54, 1.807) is 31.4 Å². The van der Waals surface area contributed by atoms with Gasteiger partial charge in [0.05, 0.1) is 19.8 Å². The average Bonchev–Trinajstić information content (AvgIpc) is 3.09. The second-order valence-corrected chi connectivity index (χ2v) is 7.84. The summed E-state index contributed by atoms with van der Waals surface area (Å²) in [5.41, 5.74) is 1.46. The highest BCUT2D eigenvalue weighted by atomic mass is 32.1. The molecular formula is C21H26N2O5S. The Kier molecular flexibility index (Phi) is 7.11. The predicted molar refractivity (Wildman–Crippen MR) is 112 cm³/mol. The van der Waals surface area contributed by atoms with E-state index in [4.69, 9.17) is 14.2 Å². The smallest absolute Gasteiger partial charge is 0.341 e. The van der Waals surface area contributed by atoms with Crippen LogP contribution in [0.4, 0.5) is 5.00 Å². The lowest BCUT2D eigenvalue weighted by Gasteiger charge is -2.26. The first-order valence-electron chi connectivity index (χ1n) is 9.57. The third-order valence-electron chi connectivity index (χ3n) is 4.75. The van der Waals surface area contributed by atoms with Crippen molar-refractivity contribution >= 4 is 28.2 Å². The Bertz CT molecular complexity index is 863. The fourth-order valence-corrected chi connectivity index (χ4v) is 4.65. The quantitative estimate of drug-likeness (QED) is 0.663. The highest BCUT2D eigenvalue weighted by molar-refractivity contribution is 7.17. The van der Waals surface area contributed by atoms with Gasteiger partial charge in [-0.3, -0.25) is 9.69 Å². The molecule has 0 unspecified atom stereocenters. The van der Waals surface area contributed by atoms with E-state index in [1.807, 2.05) is 0 Å². The van der Waals surface area contributed by atoms with E-state index in [0.717, 1.165) is 42.9 Å². The molecule has 0 saturated heterocycles. The molecule has 0 bridgehead atoms. The van der Waals surface area contributed by atoms with Gasteiger partial charge >= 0.3 is 5.97 Å². The normalized spacial score (nSPS) is 13.5. The summed E-state index contributed by atoms with van der Waals surface area (Å²) in [6.45, 7) is 4.70. The maximum absolute atomic E-state index is 12.4. The lowest BCUT2D eigenvalue weighted by Crippen LogP contribution is -2.30. The van der Waals surface area contributed by atoms with Gasteiger partial charge < -0.3 is 19.5 Å². The number of carbonyl (C=O) groups excluding carboxylic acids is 2. The molecule has 0 atom stereocenters. The van der Waals surface area contributed by atoms with Crippen molar-refractivity contribution in [2.24, 2.45) is 0 Å². The molecule has 1 amide bonds. The zero-order valence-corrected chi connectivity index (χ0v) is 17.8. The Hall–Kier alpha value is -2.58. The highest BCUT2D eigenvalue weighted by Gasteiger charge is 2.29. The standard InChI is InChI=1S/C21H26N2O5S/c1-4-10-23-11-9-16-17(12-23)29-20(19(16)21(25)27-3)22-18(24)13-28-15-7-5-14(26-2)6-8-15/h5-8H,4,9-13H2,1-3H3,(H,22,24). The summed E-state index contributed by atoms with van der Waals surface area (Å²) in [6.07, 6.45) is 1.85. The molecule has 0 fully saturated rings. The van der Waals surface area contributed by atoms with Gasteiger partial charge in [0.2, 0.25) is 0 Å². The minimum Gasteiger partial charge on any atom is -0.497 e. The maximum atomic E-state index is 12.4. The zero-order valence-electron chi connectivity index (χ0n) is 16.9. The minimum absolute atomic E-state index is 0.155. The molecule has 1 aromatic carbocycles. The topological polar surface area (TPSA) is 77.1 Å². The van der Waals surface area contributed by atoms with E-state index in [2.05, 4.69) is 17.1 Å². The lowest BCUT2D eigenvalue weighted by molar-refractivity contribution is -0.118. The van der Waals surface area contributed by atoms with E-state index in [1.165, 1.54) is 18.4 Å². The molecule has 8 heteroatoms. The lowest BCUT2D eigenvalue weighted by atomic mass is 10.0. The number of amides is 1. The summed E-state index contributed by atoms with van der Waals surface area (Å²) >= 11 is 1.44. The second-order valence-electron chi connectivity index (χ2n) is 6.74. The second kappa shape index (κ2) is 9.76. The molecule has 7 nitrogen and oxygen atoms in total. The van der Waals surface area contributed by atoms with Gasteiger partial charge in [-0.2, -0.15) is 0 Å². The third-order valence-corrected chi connectivity index (χ3v) is 5.88. The monoisotopic (exact) mass is 418 g/mol. The number of rotatable bonds is 8. The molecule has 0 radical (unpaired) electrons. The number of ether oxygens (including phenoxy) is 3. The average molecular weight is 419 g/mol. The van der Waals surface area contributed by atoms with Gasteiger partial charge in [-0.1, -0.05) is 6.92 Å². The van der Waals surface area contributed by atoms with Gasteiger partial charge in [0.1, 0.15) is 16.5 Å². The first kappa shape index (κ1) is 21.1. The molecule has 2 aromatic rings. The molecule has 3 rings (SSSR count). The fraction of sp³-hybridized carbons (Fsp3) is 0.429. The first-order chi connectivity index (χ1) is 14.0. The Balaban J connectivity index is 1.70. The number of anilines is 1. The van der Waals surface area contributed by atoms with Crippen molar-refractivity contribution in [1.82, 2.24) is 4.90 Å². The molecule has 1 aromatic heterocycles. The zero-order chi connectivity index (χ0) is 20.8. The van der Waals surface area contributed by atoms with Crippen LogP contribution in [0.5, 0.6) is 11.5 Å². The van der Waals surface area contributed by atoms with Crippen molar-refractivity contribution in [3.63, 3.8) is 0 Å². The third kappa shape index (κ3) is 5.07. The number of nitrogens with one attached hydrogen (secondary N) is 1. The van der Waals surface area contributed by atoms with E-state index in [0.29, 0.717) is 22.1 Å². The van der Waals surface area contributed by atoms with Crippen LogP contribution < -0.4 is 14.8 Å².